The Balaban J connectivity index is 2.48. The van der Waals surface area contributed by atoms with Crippen LogP contribution in [0.15, 0.2) is 6.07 Å². The van der Waals surface area contributed by atoms with E-state index < -0.39 is 0 Å². The third-order valence-corrected chi connectivity index (χ3v) is 2.59. The smallest absolute Gasteiger partial charge is 0.218 e. The van der Waals surface area contributed by atoms with Crippen LogP contribution in [0.2, 0.25) is 0 Å². The molecule has 0 radical (unpaired) electrons. The van der Waals surface area contributed by atoms with Crippen LogP contribution in [0.1, 0.15) is 12.7 Å². The van der Waals surface area contributed by atoms with Crippen LogP contribution < -0.4 is 15.0 Å². The lowest BCUT2D eigenvalue weighted by Gasteiger charge is -2.19. The number of hydrogen-bond donors (Lipinski definition) is 1. The average molecular weight is 268 g/mol. The van der Waals surface area contributed by atoms with E-state index in [1.165, 1.54) is 0 Å². The fraction of sp³-hybridized carbons (Fsp3) is 0.692. The van der Waals surface area contributed by atoms with Gasteiger partial charge in [0.25, 0.3) is 0 Å². The molecule has 0 saturated carbocycles. The van der Waals surface area contributed by atoms with Crippen molar-refractivity contribution in [3.63, 3.8) is 0 Å². The molecule has 0 aliphatic heterocycles. The number of methoxy groups -OCH3 is 1. The lowest BCUT2D eigenvalue weighted by molar-refractivity contribution is 0.200. The summed E-state index contributed by atoms with van der Waals surface area (Å²) in [5.74, 6) is 2.23. The van der Waals surface area contributed by atoms with Crippen LogP contribution in [0.4, 0.5) is 5.82 Å². The average Bonchev–Trinajstić information content (AvgIpc) is 2.38. The standard InChI is InChI=1S/C13H24N4O2/c1-5-19-13-10-12(15-11(2)16-13)17(3)8-6-14-7-9-18-4/h10,14H,5-9H2,1-4H3. The highest BCUT2D eigenvalue weighted by atomic mass is 16.5. The van der Waals surface area contributed by atoms with Crippen LogP contribution in [-0.2, 0) is 4.74 Å². The Morgan fingerprint density at radius 3 is 2.79 bits per heavy atom. The van der Waals surface area contributed by atoms with E-state index in [4.69, 9.17) is 9.47 Å². The van der Waals surface area contributed by atoms with Crippen molar-refractivity contribution in [3.8, 4) is 5.88 Å². The number of nitrogens with zero attached hydrogens (tertiary/aromatic N) is 3. The van der Waals surface area contributed by atoms with Crippen molar-refractivity contribution in [2.45, 2.75) is 13.8 Å². The number of nitrogens with one attached hydrogen (secondary N) is 1. The van der Waals surface area contributed by atoms with Gasteiger partial charge in [-0.1, -0.05) is 0 Å². The van der Waals surface area contributed by atoms with E-state index in [0.717, 1.165) is 37.9 Å². The second kappa shape index (κ2) is 8.66. The molecule has 0 unspecified atom stereocenters. The summed E-state index contributed by atoms with van der Waals surface area (Å²) in [5, 5.41) is 3.30. The molecule has 1 aromatic heterocycles. The summed E-state index contributed by atoms with van der Waals surface area (Å²) in [6, 6.07) is 1.87. The number of aryl methyl sites for hydroxylation is 1. The SMILES string of the molecule is CCOc1cc(N(C)CCNCCOC)nc(C)n1. The van der Waals surface area contributed by atoms with Crippen LogP contribution in [0.3, 0.4) is 0 Å². The first-order valence-corrected chi connectivity index (χ1v) is 6.56. The molecule has 0 aliphatic rings. The fourth-order valence-corrected chi connectivity index (χ4v) is 1.60. The van der Waals surface area contributed by atoms with Gasteiger partial charge in [-0.05, 0) is 13.8 Å². The molecule has 0 aromatic carbocycles. The number of anilines is 1. The summed E-state index contributed by atoms with van der Waals surface area (Å²) >= 11 is 0. The molecule has 1 aromatic rings. The number of likely N-dealkylation sites (N-methyl/N-ethyl adjacent to an activating group) is 1. The van der Waals surface area contributed by atoms with Crippen molar-refractivity contribution >= 4 is 5.82 Å². The second-order valence-electron chi connectivity index (χ2n) is 4.21. The molecule has 1 N–H and O–H groups in total. The van der Waals surface area contributed by atoms with E-state index in [0.29, 0.717) is 12.5 Å². The highest BCUT2D eigenvalue weighted by Crippen LogP contribution is 2.15. The largest absolute Gasteiger partial charge is 0.478 e. The van der Waals surface area contributed by atoms with Gasteiger partial charge in [0.2, 0.25) is 5.88 Å². The molecule has 0 spiro atoms. The first kappa shape index (κ1) is 15.7. The molecule has 6 nitrogen and oxygen atoms in total. The zero-order chi connectivity index (χ0) is 14.1. The number of ether oxygens (including phenoxy) is 2. The molecule has 0 bridgehead atoms. The van der Waals surface area contributed by atoms with Crippen LogP contribution in [0.5, 0.6) is 5.88 Å². The maximum absolute atomic E-state index is 5.43. The molecule has 6 heteroatoms. The van der Waals surface area contributed by atoms with Gasteiger partial charge in [-0.3, -0.25) is 0 Å². The van der Waals surface area contributed by atoms with E-state index in [9.17, 15) is 0 Å². The minimum Gasteiger partial charge on any atom is -0.478 e. The Morgan fingerprint density at radius 2 is 2.11 bits per heavy atom. The van der Waals surface area contributed by atoms with Gasteiger partial charge in [0.05, 0.1) is 13.2 Å². The van der Waals surface area contributed by atoms with Crippen LogP contribution in [0, 0.1) is 6.92 Å². The quantitative estimate of drug-likeness (QED) is 0.670. The van der Waals surface area contributed by atoms with Crippen molar-refractivity contribution in [3.05, 3.63) is 11.9 Å². The maximum Gasteiger partial charge on any atom is 0.218 e. The monoisotopic (exact) mass is 268 g/mol. The Labute approximate surface area is 115 Å². The van der Waals surface area contributed by atoms with E-state index in [-0.39, 0.29) is 0 Å². The second-order valence-corrected chi connectivity index (χ2v) is 4.21. The van der Waals surface area contributed by atoms with Gasteiger partial charge in [0, 0.05) is 39.9 Å². The van der Waals surface area contributed by atoms with E-state index in [1.807, 2.05) is 27.0 Å². The van der Waals surface area contributed by atoms with Crippen LogP contribution in [-0.4, -0.2) is 57.0 Å². The topological polar surface area (TPSA) is 59.5 Å². The minimum absolute atomic E-state index is 0.609. The molecule has 0 fully saturated rings. The summed E-state index contributed by atoms with van der Waals surface area (Å²) in [4.78, 5) is 10.7. The predicted molar refractivity (Wildman–Crippen MR) is 76.0 cm³/mol. The number of aromatic nitrogens is 2. The maximum atomic E-state index is 5.43. The van der Waals surface area contributed by atoms with E-state index >= 15 is 0 Å². The molecule has 0 aliphatic carbocycles. The zero-order valence-corrected chi connectivity index (χ0v) is 12.3. The Morgan fingerprint density at radius 1 is 1.32 bits per heavy atom. The van der Waals surface area contributed by atoms with Crippen molar-refractivity contribution in [2.75, 3.05) is 51.9 Å². The Hall–Kier alpha value is -1.40. The molecule has 0 amide bonds. The van der Waals surface area contributed by atoms with E-state index in [1.54, 1.807) is 7.11 Å². The van der Waals surface area contributed by atoms with Gasteiger partial charge < -0.3 is 19.7 Å². The Bertz CT molecular complexity index is 374. The first-order valence-electron chi connectivity index (χ1n) is 6.56. The molecular weight excluding hydrogens is 244 g/mol. The van der Waals surface area contributed by atoms with Gasteiger partial charge >= 0.3 is 0 Å². The van der Waals surface area contributed by atoms with Crippen molar-refractivity contribution in [2.24, 2.45) is 0 Å². The van der Waals surface area contributed by atoms with Crippen molar-refractivity contribution in [1.29, 1.82) is 0 Å². The van der Waals surface area contributed by atoms with Gasteiger partial charge in [-0.15, -0.1) is 0 Å². The van der Waals surface area contributed by atoms with Crippen LogP contribution in [0.25, 0.3) is 0 Å². The molecule has 1 rings (SSSR count). The number of rotatable bonds is 9. The van der Waals surface area contributed by atoms with Crippen LogP contribution >= 0.6 is 0 Å². The zero-order valence-electron chi connectivity index (χ0n) is 12.3. The van der Waals surface area contributed by atoms with Gasteiger partial charge in [0.1, 0.15) is 11.6 Å². The molecule has 108 valence electrons. The molecule has 0 saturated heterocycles. The normalized spacial score (nSPS) is 10.5. The highest BCUT2D eigenvalue weighted by molar-refractivity contribution is 5.40. The fourth-order valence-electron chi connectivity index (χ4n) is 1.60. The van der Waals surface area contributed by atoms with Gasteiger partial charge in [-0.2, -0.15) is 4.98 Å². The number of hydrogen-bond acceptors (Lipinski definition) is 6. The lowest BCUT2D eigenvalue weighted by atomic mass is 10.4. The molecule has 0 atom stereocenters. The van der Waals surface area contributed by atoms with Crippen molar-refractivity contribution in [1.82, 2.24) is 15.3 Å². The first-order chi connectivity index (χ1) is 9.17. The van der Waals surface area contributed by atoms with Gasteiger partial charge in [-0.25, -0.2) is 4.98 Å². The molecular formula is C13H24N4O2. The highest BCUT2D eigenvalue weighted by Gasteiger charge is 2.06. The van der Waals surface area contributed by atoms with Gasteiger partial charge in [0.15, 0.2) is 0 Å². The van der Waals surface area contributed by atoms with E-state index in [2.05, 4.69) is 20.2 Å². The summed E-state index contributed by atoms with van der Waals surface area (Å²) in [7, 11) is 3.71. The summed E-state index contributed by atoms with van der Waals surface area (Å²) < 4.78 is 10.4. The lowest BCUT2D eigenvalue weighted by Crippen LogP contribution is -2.31. The summed E-state index contributed by atoms with van der Waals surface area (Å²) in [6.07, 6.45) is 0. The third-order valence-electron chi connectivity index (χ3n) is 2.59. The summed E-state index contributed by atoms with van der Waals surface area (Å²) in [6.45, 7) is 7.76. The molecule has 1 heterocycles. The molecule has 19 heavy (non-hydrogen) atoms. The third kappa shape index (κ3) is 5.85. The summed E-state index contributed by atoms with van der Waals surface area (Å²) in [5.41, 5.74) is 0. The minimum atomic E-state index is 0.609. The van der Waals surface area contributed by atoms with Crippen molar-refractivity contribution < 1.29 is 9.47 Å². The predicted octanol–water partition coefficient (Wildman–Crippen LogP) is 0.856. The Kier molecular flexibility index (Phi) is 7.14.